The average molecular weight is 280 g/mol. The molecule has 0 saturated carbocycles. The smallest absolute Gasteiger partial charge is 0.0237 e. The summed E-state index contributed by atoms with van der Waals surface area (Å²) in [6, 6.07) is 22.2. The Morgan fingerprint density at radius 1 is 0.857 bits per heavy atom. The van der Waals surface area contributed by atoms with Crippen molar-refractivity contribution < 1.29 is 0 Å². The van der Waals surface area contributed by atoms with Gasteiger partial charge in [-0.05, 0) is 30.5 Å². The first-order chi connectivity index (χ1) is 10.4. The summed E-state index contributed by atoms with van der Waals surface area (Å²) in [7, 11) is 0. The molecule has 2 aromatic rings. The van der Waals surface area contributed by atoms with Crippen LogP contribution in [0, 0.1) is 0 Å². The summed E-state index contributed by atoms with van der Waals surface area (Å²) in [5.41, 5.74) is 2.79. The summed E-state index contributed by atoms with van der Waals surface area (Å²) in [4.78, 5) is 2.56. The molecule has 21 heavy (non-hydrogen) atoms. The lowest BCUT2D eigenvalue weighted by Gasteiger charge is -2.26. The molecule has 1 saturated heterocycles. The van der Waals surface area contributed by atoms with Gasteiger partial charge < -0.3 is 5.32 Å². The molecule has 1 atom stereocenters. The number of rotatable bonds is 6. The predicted octanol–water partition coefficient (Wildman–Crippen LogP) is 3.44. The molecule has 1 aliphatic heterocycles. The summed E-state index contributed by atoms with van der Waals surface area (Å²) in [6.45, 7) is 4.35. The highest BCUT2D eigenvalue weighted by molar-refractivity contribution is 5.17. The van der Waals surface area contributed by atoms with Crippen LogP contribution in [-0.4, -0.2) is 24.0 Å². The summed E-state index contributed by atoms with van der Waals surface area (Å²) in [5, 5.41) is 3.62. The summed E-state index contributed by atoms with van der Waals surface area (Å²) in [5.74, 6) is 0. The minimum Gasteiger partial charge on any atom is -0.313 e. The molecule has 0 aliphatic carbocycles. The van der Waals surface area contributed by atoms with E-state index < -0.39 is 0 Å². The van der Waals surface area contributed by atoms with Crippen molar-refractivity contribution in [2.75, 3.05) is 13.1 Å². The Kier molecular flexibility index (Phi) is 5.03. The van der Waals surface area contributed by atoms with Gasteiger partial charge in [-0.25, -0.2) is 0 Å². The largest absolute Gasteiger partial charge is 0.313 e. The molecule has 2 heteroatoms. The fourth-order valence-corrected chi connectivity index (χ4v) is 3.09. The van der Waals surface area contributed by atoms with E-state index in [1.165, 1.54) is 30.5 Å². The van der Waals surface area contributed by atoms with Gasteiger partial charge in [0.15, 0.2) is 0 Å². The van der Waals surface area contributed by atoms with Crippen molar-refractivity contribution in [2.24, 2.45) is 0 Å². The molecular weight excluding hydrogens is 256 g/mol. The van der Waals surface area contributed by atoms with Crippen LogP contribution >= 0.6 is 0 Å². The third-order valence-electron chi connectivity index (χ3n) is 4.14. The SMILES string of the molecule is c1ccc(CN(Cc2ccccc2)CC2CCCN2)cc1. The van der Waals surface area contributed by atoms with E-state index in [1.54, 1.807) is 0 Å². The van der Waals surface area contributed by atoms with Gasteiger partial charge in [0.1, 0.15) is 0 Å². The fraction of sp³-hybridized carbons (Fsp3) is 0.368. The van der Waals surface area contributed by atoms with Crippen LogP contribution in [0.4, 0.5) is 0 Å². The number of hydrogen-bond acceptors (Lipinski definition) is 2. The van der Waals surface area contributed by atoms with E-state index in [2.05, 4.69) is 70.9 Å². The van der Waals surface area contributed by atoms with E-state index in [4.69, 9.17) is 0 Å². The topological polar surface area (TPSA) is 15.3 Å². The highest BCUT2D eigenvalue weighted by Crippen LogP contribution is 2.13. The zero-order chi connectivity index (χ0) is 14.3. The molecule has 0 radical (unpaired) electrons. The molecule has 1 N–H and O–H groups in total. The Morgan fingerprint density at radius 3 is 1.90 bits per heavy atom. The van der Waals surface area contributed by atoms with E-state index in [9.17, 15) is 0 Å². The van der Waals surface area contributed by atoms with Gasteiger partial charge in [-0.2, -0.15) is 0 Å². The highest BCUT2D eigenvalue weighted by Gasteiger charge is 2.18. The molecule has 0 bridgehead atoms. The van der Waals surface area contributed by atoms with Crippen LogP contribution in [0.5, 0.6) is 0 Å². The van der Waals surface area contributed by atoms with Crippen molar-refractivity contribution in [2.45, 2.75) is 32.0 Å². The minimum absolute atomic E-state index is 0.650. The van der Waals surface area contributed by atoms with Crippen LogP contribution in [0.3, 0.4) is 0 Å². The zero-order valence-electron chi connectivity index (χ0n) is 12.5. The van der Waals surface area contributed by atoms with Crippen molar-refractivity contribution in [3.8, 4) is 0 Å². The van der Waals surface area contributed by atoms with Gasteiger partial charge >= 0.3 is 0 Å². The molecule has 0 amide bonds. The molecule has 0 aromatic heterocycles. The van der Waals surface area contributed by atoms with Crippen LogP contribution in [0.25, 0.3) is 0 Å². The molecular formula is C19H24N2. The van der Waals surface area contributed by atoms with E-state index in [0.29, 0.717) is 6.04 Å². The predicted molar refractivity (Wildman–Crippen MR) is 88.0 cm³/mol. The van der Waals surface area contributed by atoms with Crippen LogP contribution in [-0.2, 0) is 13.1 Å². The van der Waals surface area contributed by atoms with Gasteiger partial charge in [-0.15, -0.1) is 0 Å². The van der Waals surface area contributed by atoms with Gasteiger partial charge in [0.25, 0.3) is 0 Å². The van der Waals surface area contributed by atoms with E-state index in [0.717, 1.165) is 19.6 Å². The molecule has 2 aromatic carbocycles. The van der Waals surface area contributed by atoms with E-state index in [1.807, 2.05) is 0 Å². The Bertz CT molecular complexity index is 476. The monoisotopic (exact) mass is 280 g/mol. The van der Waals surface area contributed by atoms with E-state index in [-0.39, 0.29) is 0 Å². The summed E-state index contributed by atoms with van der Waals surface area (Å²) >= 11 is 0. The van der Waals surface area contributed by atoms with Gasteiger partial charge in [0.05, 0.1) is 0 Å². The number of hydrogen-bond donors (Lipinski definition) is 1. The Balaban J connectivity index is 1.67. The third kappa shape index (κ3) is 4.42. The number of nitrogens with one attached hydrogen (secondary N) is 1. The first-order valence-electron chi connectivity index (χ1n) is 7.94. The first kappa shape index (κ1) is 14.3. The zero-order valence-corrected chi connectivity index (χ0v) is 12.5. The second-order valence-corrected chi connectivity index (χ2v) is 5.93. The molecule has 1 aliphatic rings. The molecule has 1 unspecified atom stereocenters. The minimum atomic E-state index is 0.650. The standard InChI is InChI=1S/C19H24N2/c1-3-8-17(9-4-1)14-21(16-19-12-7-13-20-19)15-18-10-5-2-6-11-18/h1-6,8-11,19-20H,7,12-16H2. The molecule has 1 heterocycles. The second kappa shape index (κ2) is 7.39. The van der Waals surface area contributed by atoms with Crippen LogP contribution in [0.1, 0.15) is 24.0 Å². The van der Waals surface area contributed by atoms with Gasteiger partial charge in [-0.1, -0.05) is 60.7 Å². The fourth-order valence-electron chi connectivity index (χ4n) is 3.09. The Hall–Kier alpha value is -1.64. The van der Waals surface area contributed by atoms with Crippen LogP contribution in [0.15, 0.2) is 60.7 Å². The Labute approximate surface area is 127 Å². The van der Waals surface area contributed by atoms with Gasteiger partial charge in [0.2, 0.25) is 0 Å². The van der Waals surface area contributed by atoms with Crippen LogP contribution < -0.4 is 5.32 Å². The number of benzene rings is 2. The molecule has 2 nitrogen and oxygen atoms in total. The maximum Gasteiger partial charge on any atom is 0.0237 e. The molecule has 1 fully saturated rings. The quantitative estimate of drug-likeness (QED) is 0.872. The molecule has 110 valence electrons. The van der Waals surface area contributed by atoms with Gasteiger partial charge in [0, 0.05) is 25.7 Å². The van der Waals surface area contributed by atoms with Gasteiger partial charge in [-0.3, -0.25) is 4.90 Å². The lowest BCUT2D eigenvalue weighted by molar-refractivity contribution is 0.233. The first-order valence-corrected chi connectivity index (χ1v) is 7.94. The maximum atomic E-state index is 3.62. The lowest BCUT2D eigenvalue weighted by Crippen LogP contribution is -2.36. The van der Waals surface area contributed by atoms with Crippen molar-refractivity contribution in [3.63, 3.8) is 0 Å². The van der Waals surface area contributed by atoms with Crippen molar-refractivity contribution in [3.05, 3.63) is 71.8 Å². The lowest BCUT2D eigenvalue weighted by atomic mass is 10.1. The van der Waals surface area contributed by atoms with Crippen molar-refractivity contribution in [1.82, 2.24) is 10.2 Å². The average Bonchev–Trinajstić information content (AvgIpc) is 3.02. The van der Waals surface area contributed by atoms with Crippen molar-refractivity contribution in [1.29, 1.82) is 0 Å². The van der Waals surface area contributed by atoms with E-state index >= 15 is 0 Å². The van der Waals surface area contributed by atoms with Crippen molar-refractivity contribution >= 4 is 0 Å². The van der Waals surface area contributed by atoms with Crippen LogP contribution in [0.2, 0.25) is 0 Å². The molecule has 0 spiro atoms. The third-order valence-corrected chi connectivity index (χ3v) is 4.14. The highest BCUT2D eigenvalue weighted by atomic mass is 15.2. The number of nitrogens with zero attached hydrogens (tertiary/aromatic N) is 1. The Morgan fingerprint density at radius 2 is 1.43 bits per heavy atom. The molecule has 3 rings (SSSR count). The summed E-state index contributed by atoms with van der Waals surface area (Å²) in [6.07, 6.45) is 2.62. The second-order valence-electron chi connectivity index (χ2n) is 5.93. The normalized spacial score (nSPS) is 18.2. The summed E-state index contributed by atoms with van der Waals surface area (Å²) < 4.78 is 0. The maximum absolute atomic E-state index is 3.62.